The molecule has 2 aromatic carbocycles. The Labute approximate surface area is 149 Å². The number of nitrogens with zero attached hydrogens (tertiary/aromatic N) is 6. The van der Waals surface area contributed by atoms with Crippen molar-refractivity contribution in [1.82, 2.24) is 35.1 Å². The standard InChI is InChI=1S/C18H17N7O/c1-13(14-6-8-15(9-7-14)25-12-19-11-20-25)21-18(26)10-24-17-5-3-2-4-16(17)22-23-24/h2-9,11-13H,10H2,1H3,(H,21,26)/t13-/m1/s1. The fourth-order valence-corrected chi connectivity index (χ4v) is 2.80. The number of hydrogen-bond donors (Lipinski definition) is 1. The largest absolute Gasteiger partial charge is 0.348 e. The van der Waals surface area contributed by atoms with Gasteiger partial charge in [0.05, 0.1) is 17.2 Å². The first-order valence-electron chi connectivity index (χ1n) is 8.23. The third-order valence-corrected chi connectivity index (χ3v) is 4.17. The maximum Gasteiger partial charge on any atom is 0.242 e. The maximum absolute atomic E-state index is 12.4. The Kier molecular flexibility index (Phi) is 4.14. The normalized spacial score (nSPS) is 12.2. The predicted octanol–water partition coefficient (Wildman–Crippen LogP) is 1.89. The highest BCUT2D eigenvalue weighted by Crippen LogP contribution is 2.15. The molecule has 1 atom stereocenters. The van der Waals surface area contributed by atoms with Crippen LogP contribution in [0.15, 0.2) is 61.2 Å². The van der Waals surface area contributed by atoms with Crippen molar-refractivity contribution in [2.75, 3.05) is 0 Å². The van der Waals surface area contributed by atoms with Gasteiger partial charge in [-0.2, -0.15) is 5.10 Å². The molecule has 26 heavy (non-hydrogen) atoms. The van der Waals surface area contributed by atoms with E-state index in [1.165, 1.54) is 6.33 Å². The van der Waals surface area contributed by atoms with Gasteiger partial charge in [-0.15, -0.1) is 5.10 Å². The van der Waals surface area contributed by atoms with Gasteiger partial charge in [-0.3, -0.25) is 4.79 Å². The highest BCUT2D eigenvalue weighted by Gasteiger charge is 2.12. The molecular formula is C18H17N7O. The summed E-state index contributed by atoms with van der Waals surface area (Å²) in [4.78, 5) is 16.3. The molecule has 0 saturated heterocycles. The molecule has 0 spiro atoms. The van der Waals surface area contributed by atoms with E-state index in [-0.39, 0.29) is 18.5 Å². The second-order valence-corrected chi connectivity index (χ2v) is 5.96. The van der Waals surface area contributed by atoms with Crippen LogP contribution in [0, 0.1) is 0 Å². The lowest BCUT2D eigenvalue weighted by Gasteiger charge is -2.15. The highest BCUT2D eigenvalue weighted by atomic mass is 16.2. The SMILES string of the molecule is C[C@@H](NC(=O)Cn1nnc2ccccc21)c1ccc(-n2cncn2)cc1. The summed E-state index contributed by atoms with van der Waals surface area (Å²) in [5.41, 5.74) is 3.54. The van der Waals surface area contributed by atoms with Gasteiger partial charge in [0.15, 0.2) is 0 Å². The summed E-state index contributed by atoms with van der Waals surface area (Å²) in [6.45, 7) is 2.07. The zero-order valence-electron chi connectivity index (χ0n) is 14.1. The second-order valence-electron chi connectivity index (χ2n) is 5.96. The van der Waals surface area contributed by atoms with Crippen LogP contribution in [0.25, 0.3) is 16.7 Å². The van der Waals surface area contributed by atoms with Crippen LogP contribution in [0.4, 0.5) is 0 Å². The third-order valence-electron chi connectivity index (χ3n) is 4.17. The zero-order valence-corrected chi connectivity index (χ0v) is 14.1. The molecule has 0 unspecified atom stereocenters. The lowest BCUT2D eigenvalue weighted by atomic mass is 10.1. The fraction of sp³-hybridized carbons (Fsp3) is 0.167. The van der Waals surface area contributed by atoms with E-state index in [4.69, 9.17) is 0 Å². The predicted molar refractivity (Wildman–Crippen MR) is 95.4 cm³/mol. The van der Waals surface area contributed by atoms with Gasteiger partial charge in [-0.1, -0.05) is 29.5 Å². The summed E-state index contributed by atoms with van der Waals surface area (Å²) in [5.74, 6) is -0.117. The van der Waals surface area contributed by atoms with Crippen LogP contribution in [-0.4, -0.2) is 35.7 Å². The molecule has 4 rings (SSSR count). The van der Waals surface area contributed by atoms with Crippen molar-refractivity contribution in [2.45, 2.75) is 19.5 Å². The number of amides is 1. The van der Waals surface area contributed by atoms with Crippen molar-refractivity contribution in [3.05, 3.63) is 66.7 Å². The summed E-state index contributed by atoms with van der Waals surface area (Å²) in [6, 6.07) is 15.3. The molecule has 1 amide bonds. The van der Waals surface area contributed by atoms with E-state index in [9.17, 15) is 4.79 Å². The zero-order chi connectivity index (χ0) is 17.9. The lowest BCUT2D eigenvalue weighted by Crippen LogP contribution is -2.30. The Balaban J connectivity index is 1.42. The number of nitrogens with one attached hydrogen (secondary N) is 1. The number of rotatable bonds is 5. The molecule has 1 N–H and O–H groups in total. The average molecular weight is 347 g/mol. The van der Waals surface area contributed by atoms with Gasteiger partial charge in [0.25, 0.3) is 0 Å². The first-order valence-corrected chi connectivity index (χ1v) is 8.23. The third kappa shape index (κ3) is 3.16. The first-order chi connectivity index (χ1) is 12.7. The van der Waals surface area contributed by atoms with Crippen molar-refractivity contribution in [3.63, 3.8) is 0 Å². The molecule has 0 aliphatic heterocycles. The quantitative estimate of drug-likeness (QED) is 0.595. The summed E-state index contributed by atoms with van der Waals surface area (Å²) in [5, 5.41) is 15.2. The molecule has 0 saturated carbocycles. The summed E-state index contributed by atoms with van der Waals surface area (Å²) in [6.07, 6.45) is 3.13. The van der Waals surface area contributed by atoms with E-state index in [1.54, 1.807) is 15.7 Å². The molecular weight excluding hydrogens is 330 g/mol. The Bertz CT molecular complexity index is 1020. The molecule has 0 aliphatic rings. The molecule has 4 aromatic rings. The van der Waals surface area contributed by atoms with Gasteiger partial charge in [-0.05, 0) is 36.8 Å². The van der Waals surface area contributed by atoms with Crippen LogP contribution in [0.1, 0.15) is 18.5 Å². The van der Waals surface area contributed by atoms with E-state index in [0.717, 1.165) is 22.3 Å². The molecule has 130 valence electrons. The maximum atomic E-state index is 12.4. The lowest BCUT2D eigenvalue weighted by molar-refractivity contribution is -0.122. The van der Waals surface area contributed by atoms with Gasteiger partial charge in [0, 0.05) is 0 Å². The van der Waals surface area contributed by atoms with Crippen molar-refractivity contribution < 1.29 is 4.79 Å². The highest BCUT2D eigenvalue weighted by molar-refractivity contribution is 5.80. The molecule has 0 aliphatic carbocycles. The molecule has 0 bridgehead atoms. The molecule has 0 radical (unpaired) electrons. The van der Waals surface area contributed by atoms with Gasteiger partial charge < -0.3 is 5.32 Å². The van der Waals surface area contributed by atoms with E-state index in [2.05, 4.69) is 25.7 Å². The number of fused-ring (bicyclic) bond motifs is 1. The smallest absolute Gasteiger partial charge is 0.242 e. The first kappa shape index (κ1) is 15.9. The Morgan fingerprint density at radius 3 is 2.73 bits per heavy atom. The van der Waals surface area contributed by atoms with Gasteiger partial charge in [-0.25, -0.2) is 14.3 Å². The molecule has 2 heterocycles. The van der Waals surface area contributed by atoms with Crippen LogP contribution >= 0.6 is 0 Å². The minimum absolute atomic E-state index is 0.117. The summed E-state index contributed by atoms with van der Waals surface area (Å²) < 4.78 is 3.29. The Morgan fingerprint density at radius 1 is 1.15 bits per heavy atom. The number of para-hydroxylation sites is 1. The van der Waals surface area contributed by atoms with Crippen molar-refractivity contribution in [1.29, 1.82) is 0 Å². The van der Waals surface area contributed by atoms with Crippen LogP contribution in [0.2, 0.25) is 0 Å². The number of hydrogen-bond acceptors (Lipinski definition) is 5. The molecule has 8 heteroatoms. The van der Waals surface area contributed by atoms with Gasteiger partial charge in [0.2, 0.25) is 5.91 Å². The number of carbonyl (C=O) groups is 1. The topological polar surface area (TPSA) is 90.5 Å². The van der Waals surface area contributed by atoms with Crippen molar-refractivity contribution in [2.24, 2.45) is 0 Å². The van der Waals surface area contributed by atoms with E-state index in [1.807, 2.05) is 55.5 Å². The van der Waals surface area contributed by atoms with Gasteiger partial charge in [0.1, 0.15) is 24.7 Å². The minimum Gasteiger partial charge on any atom is -0.348 e. The van der Waals surface area contributed by atoms with Crippen LogP contribution in [-0.2, 0) is 11.3 Å². The summed E-state index contributed by atoms with van der Waals surface area (Å²) >= 11 is 0. The summed E-state index contributed by atoms with van der Waals surface area (Å²) in [7, 11) is 0. The number of carbonyl (C=O) groups excluding carboxylic acids is 1. The van der Waals surface area contributed by atoms with E-state index >= 15 is 0 Å². The van der Waals surface area contributed by atoms with Crippen molar-refractivity contribution >= 4 is 16.9 Å². The van der Waals surface area contributed by atoms with Crippen LogP contribution in [0.3, 0.4) is 0 Å². The minimum atomic E-state index is -0.123. The number of benzene rings is 2. The average Bonchev–Trinajstić information content (AvgIpc) is 3.32. The number of aromatic nitrogens is 6. The van der Waals surface area contributed by atoms with Crippen LogP contribution in [0.5, 0.6) is 0 Å². The van der Waals surface area contributed by atoms with Crippen molar-refractivity contribution in [3.8, 4) is 5.69 Å². The monoisotopic (exact) mass is 347 g/mol. The van der Waals surface area contributed by atoms with Crippen LogP contribution < -0.4 is 5.32 Å². The molecule has 8 nitrogen and oxygen atoms in total. The second kappa shape index (κ2) is 6.75. The fourth-order valence-electron chi connectivity index (χ4n) is 2.80. The van der Waals surface area contributed by atoms with E-state index < -0.39 is 0 Å². The molecule has 2 aromatic heterocycles. The molecule has 0 fully saturated rings. The van der Waals surface area contributed by atoms with E-state index in [0.29, 0.717) is 0 Å². The van der Waals surface area contributed by atoms with Gasteiger partial charge >= 0.3 is 0 Å². The Morgan fingerprint density at radius 2 is 1.96 bits per heavy atom. The Hall–Kier alpha value is -3.55.